The molecule has 0 fully saturated rings. The van der Waals surface area contributed by atoms with Crippen LogP contribution in [0, 0.1) is 5.92 Å². The van der Waals surface area contributed by atoms with Crippen LogP contribution in [-0.2, 0) is 16.1 Å². The van der Waals surface area contributed by atoms with E-state index in [1.165, 1.54) is 10.6 Å². The second-order valence-corrected chi connectivity index (χ2v) is 5.67. The molecule has 0 saturated heterocycles. The molecular weight excluding hydrogens is 328 g/mol. The van der Waals surface area contributed by atoms with Crippen LogP contribution in [0.5, 0.6) is 0 Å². The lowest BCUT2D eigenvalue weighted by Gasteiger charge is -2.18. The van der Waals surface area contributed by atoms with Crippen molar-refractivity contribution in [2.45, 2.75) is 32.9 Å². The van der Waals surface area contributed by atoms with Crippen molar-refractivity contribution < 1.29 is 14.7 Å². The molecule has 7 heteroatoms. The lowest BCUT2D eigenvalue weighted by Crippen LogP contribution is -2.44. The first kappa shape index (κ1) is 16.4. The molecule has 0 aliphatic heterocycles. The first-order valence-corrected chi connectivity index (χ1v) is 6.98. The molecule has 1 aromatic rings. The molecule has 6 nitrogen and oxygen atoms in total. The maximum absolute atomic E-state index is 11.7. The van der Waals surface area contributed by atoms with Crippen molar-refractivity contribution >= 4 is 27.8 Å². The van der Waals surface area contributed by atoms with E-state index in [2.05, 4.69) is 21.2 Å². The van der Waals surface area contributed by atoms with Gasteiger partial charge in [-0.3, -0.25) is 9.59 Å². The molecule has 0 aliphatic rings. The van der Waals surface area contributed by atoms with Crippen molar-refractivity contribution in [1.82, 2.24) is 9.88 Å². The summed E-state index contributed by atoms with van der Waals surface area (Å²) in [5.74, 6) is -1.66. The Morgan fingerprint density at radius 1 is 1.40 bits per heavy atom. The Morgan fingerprint density at radius 3 is 2.60 bits per heavy atom. The van der Waals surface area contributed by atoms with Gasteiger partial charge in [0, 0.05) is 29.7 Å². The molecule has 1 unspecified atom stereocenters. The van der Waals surface area contributed by atoms with Crippen molar-refractivity contribution in [3.63, 3.8) is 0 Å². The standard InChI is InChI=1S/C13H17BrN2O4/c1-8(2)12(13(19)20)15-10(17)5-6-16-7-9(14)3-4-11(16)18/h3-4,7-8,12H,5-6H2,1-2H3,(H,15,17)(H,19,20). The Balaban J connectivity index is 2.61. The number of aryl methyl sites for hydroxylation is 1. The number of hydrogen-bond acceptors (Lipinski definition) is 3. The van der Waals surface area contributed by atoms with Gasteiger partial charge in [-0.2, -0.15) is 0 Å². The summed E-state index contributed by atoms with van der Waals surface area (Å²) in [6, 6.07) is 2.11. The first-order chi connectivity index (χ1) is 9.31. The highest BCUT2D eigenvalue weighted by Crippen LogP contribution is 2.06. The van der Waals surface area contributed by atoms with Crippen LogP contribution < -0.4 is 10.9 Å². The Bertz CT molecular complexity index is 554. The molecule has 20 heavy (non-hydrogen) atoms. The fourth-order valence-corrected chi connectivity index (χ4v) is 2.04. The summed E-state index contributed by atoms with van der Waals surface area (Å²) >= 11 is 3.24. The minimum atomic E-state index is -1.06. The zero-order chi connectivity index (χ0) is 15.3. The third-order valence-corrected chi connectivity index (χ3v) is 3.25. The lowest BCUT2D eigenvalue weighted by molar-refractivity contribution is -0.143. The summed E-state index contributed by atoms with van der Waals surface area (Å²) in [4.78, 5) is 34.2. The maximum Gasteiger partial charge on any atom is 0.326 e. The number of halogens is 1. The van der Waals surface area contributed by atoms with Gasteiger partial charge in [0.2, 0.25) is 5.91 Å². The summed E-state index contributed by atoms with van der Waals surface area (Å²) in [7, 11) is 0. The Kier molecular flexibility index (Phi) is 5.94. The number of carbonyl (C=O) groups is 2. The SMILES string of the molecule is CC(C)C(NC(=O)CCn1cc(Br)ccc1=O)C(=O)O. The summed E-state index contributed by atoms with van der Waals surface area (Å²) in [5.41, 5.74) is -0.209. The van der Waals surface area contributed by atoms with Crippen molar-refractivity contribution in [2.24, 2.45) is 5.92 Å². The van der Waals surface area contributed by atoms with Gasteiger partial charge < -0.3 is 15.0 Å². The molecule has 0 aliphatic carbocycles. The Labute approximate surface area is 124 Å². The predicted octanol–water partition coefficient (Wildman–Crippen LogP) is 1.23. The predicted molar refractivity (Wildman–Crippen MR) is 77.4 cm³/mol. The van der Waals surface area contributed by atoms with Gasteiger partial charge in [-0.25, -0.2) is 4.79 Å². The van der Waals surface area contributed by atoms with E-state index in [0.29, 0.717) is 0 Å². The zero-order valence-corrected chi connectivity index (χ0v) is 12.9. The number of carbonyl (C=O) groups excluding carboxylic acids is 1. The number of amides is 1. The number of pyridine rings is 1. The number of carboxylic acid groups (broad SMARTS) is 1. The third-order valence-electron chi connectivity index (χ3n) is 2.78. The van der Waals surface area contributed by atoms with Gasteiger partial charge in [0.15, 0.2) is 0 Å². The Morgan fingerprint density at radius 2 is 2.05 bits per heavy atom. The molecule has 1 rings (SSSR count). The second kappa shape index (κ2) is 7.23. The monoisotopic (exact) mass is 344 g/mol. The average Bonchev–Trinajstić information content (AvgIpc) is 2.36. The van der Waals surface area contributed by atoms with Gasteiger partial charge in [0.1, 0.15) is 6.04 Å². The molecule has 0 saturated carbocycles. The minimum Gasteiger partial charge on any atom is -0.480 e. The van der Waals surface area contributed by atoms with Gasteiger partial charge in [0.25, 0.3) is 5.56 Å². The van der Waals surface area contributed by atoms with Gasteiger partial charge in [-0.15, -0.1) is 0 Å². The summed E-state index contributed by atoms with van der Waals surface area (Å²) in [6.45, 7) is 3.64. The van der Waals surface area contributed by atoms with E-state index in [1.807, 2.05) is 0 Å². The number of hydrogen-bond donors (Lipinski definition) is 2. The minimum absolute atomic E-state index is 0.0485. The summed E-state index contributed by atoms with van der Waals surface area (Å²) < 4.78 is 2.14. The fraction of sp³-hybridized carbons (Fsp3) is 0.462. The number of carboxylic acids is 1. The van der Waals surface area contributed by atoms with Crippen LogP contribution in [0.15, 0.2) is 27.6 Å². The van der Waals surface area contributed by atoms with E-state index in [0.717, 1.165) is 4.47 Å². The van der Waals surface area contributed by atoms with E-state index in [4.69, 9.17) is 5.11 Å². The van der Waals surface area contributed by atoms with E-state index in [9.17, 15) is 14.4 Å². The molecule has 1 aromatic heterocycles. The average molecular weight is 345 g/mol. The first-order valence-electron chi connectivity index (χ1n) is 6.19. The van der Waals surface area contributed by atoms with Crippen LogP contribution >= 0.6 is 15.9 Å². The molecule has 1 amide bonds. The van der Waals surface area contributed by atoms with E-state index < -0.39 is 17.9 Å². The van der Waals surface area contributed by atoms with E-state index in [1.54, 1.807) is 26.1 Å². The highest BCUT2D eigenvalue weighted by atomic mass is 79.9. The number of nitrogens with one attached hydrogen (secondary N) is 1. The van der Waals surface area contributed by atoms with Gasteiger partial charge >= 0.3 is 5.97 Å². The number of rotatable bonds is 6. The maximum atomic E-state index is 11.7. The fourth-order valence-electron chi connectivity index (χ4n) is 1.66. The molecule has 0 spiro atoms. The lowest BCUT2D eigenvalue weighted by atomic mass is 10.0. The Hall–Kier alpha value is -1.63. The third kappa shape index (κ3) is 4.80. The topological polar surface area (TPSA) is 88.4 Å². The van der Waals surface area contributed by atoms with Crippen LogP contribution in [0.25, 0.3) is 0 Å². The molecule has 0 aromatic carbocycles. The van der Waals surface area contributed by atoms with Crippen LogP contribution in [0.1, 0.15) is 20.3 Å². The molecule has 1 atom stereocenters. The van der Waals surface area contributed by atoms with Crippen molar-refractivity contribution in [1.29, 1.82) is 0 Å². The quantitative estimate of drug-likeness (QED) is 0.812. The molecule has 0 radical (unpaired) electrons. The molecule has 110 valence electrons. The van der Waals surface area contributed by atoms with Crippen molar-refractivity contribution in [2.75, 3.05) is 0 Å². The van der Waals surface area contributed by atoms with Gasteiger partial charge in [-0.05, 0) is 27.9 Å². The summed E-state index contributed by atoms with van der Waals surface area (Å²) in [5, 5.41) is 11.4. The largest absolute Gasteiger partial charge is 0.480 e. The van der Waals surface area contributed by atoms with Crippen LogP contribution in [0.4, 0.5) is 0 Å². The molecule has 1 heterocycles. The van der Waals surface area contributed by atoms with E-state index in [-0.39, 0.29) is 24.4 Å². The zero-order valence-electron chi connectivity index (χ0n) is 11.3. The molecule has 0 bridgehead atoms. The summed E-state index contributed by atoms with van der Waals surface area (Å²) in [6.07, 6.45) is 1.64. The normalized spacial score (nSPS) is 12.2. The van der Waals surface area contributed by atoms with Crippen molar-refractivity contribution in [3.05, 3.63) is 33.2 Å². The van der Waals surface area contributed by atoms with Crippen molar-refractivity contribution in [3.8, 4) is 0 Å². The van der Waals surface area contributed by atoms with Crippen LogP contribution in [0.2, 0.25) is 0 Å². The highest BCUT2D eigenvalue weighted by molar-refractivity contribution is 9.10. The number of nitrogens with zero attached hydrogens (tertiary/aromatic N) is 1. The van der Waals surface area contributed by atoms with Crippen LogP contribution in [-0.4, -0.2) is 27.6 Å². The second-order valence-electron chi connectivity index (χ2n) is 4.76. The number of aliphatic carboxylic acids is 1. The molecule has 2 N–H and O–H groups in total. The molecular formula is C13H17BrN2O4. The smallest absolute Gasteiger partial charge is 0.326 e. The number of aromatic nitrogens is 1. The highest BCUT2D eigenvalue weighted by Gasteiger charge is 2.23. The van der Waals surface area contributed by atoms with Crippen LogP contribution in [0.3, 0.4) is 0 Å². The van der Waals surface area contributed by atoms with Gasteiger partial charge in [-0.1, -0.05) is 13.8 Å². The van der Waals surface area contributed by atoms with Gasteiger partial charge in [0.05, 0.1) is 0 Å². The van der Waals surface area contributed by atoms with E-state index >= 15 is 0 Å².